The number of rotatable bonds is 8. The fraction of sp³-hybridized carbons (Fsp3) is 0.286. The van der Waals surface area contributed by atoms with E-state index in [0.717, 1.165) is 0 Å². The van der Waals surface area contributed by atoms with Crippen LogP contribution in [0.15, 0.2) is 52.4 Å². The van der Waals surface area contributed by atoms with Crippen LogP contribution in [0.1, 0.15) is 18.9 Å². The molecule has 3 aromatic rings. The molecule has 0 bridgehead atoms. The third-order valence-corrected chi connectivity index (χ3v) is 4.51. The molecule has 3 rings (SSSR count). The van der Waals surface area contributed by atoms with Gasteiger partial charge in [0.05, 0.1) is 23.7 Å². The van der Waals surface area contributed by atoms with Gasteiger partial charge in [-0.3, -0.25) is 9.36 Å². The fourth-order valence-electron chi connectivity index (χ4n) is 2.97. The lowest BCUT2D eigenvalue weighted by atomic mass is 10.1. The highest BCUT2D eigenvalue weighted by Gasteiger charge is 2.11. The molecule has 2 aromatic carbocycles. The van der Waals surface area contributed by atoms with Crippen LogP contribution < -0.4 is 15.7 Å². The molecule has 1 heterocycles. The molecular weight excluding hydrogens is 372 g/mol. The third-order valence-electron chi connectivity index (χ3n) is 4.51. The van der Waals surface area contributed by atoms with Crippen LogP contribution in [-0.4, -0.2) is 41.2 Å². The van der Waals surface area contributed by atoms with Gasteiger partial charge in [0.15, 0.2) is 0 Å². The summed E-state index contributed by atoms with van der Waals surface area (Å²) in [5.41, 5.74) is 4.41. The first-order valence-corrected chi connectivity index (χ1v) is 9.21. The number of anilines is 1. The van der Waals surface area contributed by atoms with Crippen LogP contribution in [0, 0.1) is 0 Å². The number of aromatic nitrogens is 2. The van der Waals surface area contributed by atoms with E-state index >= 15 is 0 Å². The van der Waals surface area contributed by atoms with E-state index in [1.807, 2.05) is 12.1 Å². The molecule has 0 radical (unpaired) electrons. The van der Waals surface area contributed by atoms with E-state index in [4.69, 9.17) is 9.47 Å². The van der Waals surface area contributed by atoms with Gasteiger partial charge in [0.1, 0.15) is 11.5 Å². The first-order chi connectivity index (χ1) is 14.0. The average Bonchev–Trinajstić information content (AvgIpc) is 2.73. The number of fused-ring (bicyclic) bond motifs is 1. The van der Waals surface area contributed by atoms with Crippen LogP contribution in [0.5, 0.6) is 11.5 Å². The van der Waals surface area contributed by atoms with Crippen molar-refractivity contribution in [3.05, 3.63) is 58.4 Å². The summed E-state index contributed by atoms with van der Waals surface area (Å²) in [4.78, 5) is 17.5. The van der Waals surface area contributed by atoms with Gasteiger partial charge in [0.25, 0.3) is 5.56 Å². The second kappa shape index (κ2) is 9.20. The van der Waals surface area contributed by atoms with Crippen LogP contribution in [0.25, 0.3) is 10.9 Å². The first-order valence-electron chi connectivity index (χ1n) is 9.21. The minimum atomic E-state index is -0.144. The highest BCUT2D eigenvalue weighted by atomic mass is 16.5. The Kier molecular flexibility index (Phi) is 6.46. The van der Waals surface area contributed by atoms with Gasteiger partial charge in [-0.05, 0) is 37.6 Å². The fourth-order valence-corrected chi connectivity index (χ4v) is 2.97. The van der Waals surface area contributed by atoms with Crippen LogP contribution in [0.4, 0.5) is 5.95 Å². The number of hydrogen-bond donors (Lipinski definition) is 2. The van der Waals surface area contributed by atoms with Crippen molar-refractivity contribution < 1.29 is 14.6 Å². The van der Waals surface area contributed by atoms with E-state index in [1.54, 1.807) is 42.9 Å². The second-order valence-corrected chi connectivity index (χ2v) is 6.45. The number of methoxy groups -OCH3 is 2. The summed E-state index contributed by atoms with van der Waals surface area (Å²) < 4.78 is 11.7. The van der Waals surface area contributed by atoms with Gasteiger partial charge in [-0.2, -0.15) is 5.10 Å². The Morgan fingerprint density at radius 1 is 1.24 bits per heavy atom. The largest absolute Gasteiger partial charge is 0.507 e. The van der Waals surface area contributed by atoms with Crippen molar-refractivity contribution >= 4 is 22.6 Å². The molecule has 0 saturated heterocycles. The molecule has 0 spiro atoms. The molecule has 0 aliphatic rings. The Morgan fingerprint density at radius 2 is 2.03 bits per heavy atom. The Balaban J connectivity index is 1.96. The number of nitrogens with one attached hydrogen (secondary N) is 1. The molecule has 0 unspecified atom stereocenters. The Labute approximate surface area is 168 Å². The molecule has 8 nitrogen and oxygen atoms in total. The molecular formula is C21H24N4O4. The summed E-state index contributed by atoms with van der Waals surface area (Å²) in [7, 11) is 3.15. The van der Waals surface area contributed by atoms with Gasteiger partial charge in [-0.1, -0.05) is 12.1 Å². The summed E-state index contributed by atoms with van der Waals surface area (Å²) in [5.74, 6) is 0.934. The molecule has 0 aliphatic carbocycles. The van der Waals surface area contributed by atoms with Crippen molar-refractivity contribution in [2.75, 3.05) is 26.3 Å². The summed E-state index contributed by atoms with van der Waals surface area (Å²) in [6.07, 6.45) is 0.660. The maximum absolute atomic E-state index is 12.9. The molecule has 0 aliphatic heterocycles. The monoisotopic (exact) mass is 396 g/mol. The highest BCUT2D eigenvalue weighted by Crippen LogP contribution is 2.24. The van der Waals surface area contributed by atoms with E-state index in [1.165, 1.54) is 13.2 Å². The minimum Gasteiger partial charge on any atom is -0.507 e. The van der Waals surface area contributed by atoms with Crippen molar-refractivity contribution in [3.8, 4) is 11.5 Å². The van der Waals surface area contributed by atoms with Gasteiger partial charge < -0.3 is 14.6 Å². The summed E-state index contributed by atoms with van der Waals surface area (Å²) in [6.45, 7) is 2.72. The highest BCUT2D eigenvalue weighted by molar-refractivity contribution is 6.01. The first kappa shape index (κ1) is 20.3. The summed E-state index contributed by atoms with van der Waals surface area (Å²) >= 11 is 0. The Bertz CT molecular complexity index is 1090. The van der Waals surface area contributed by atoms with Gasteiger partial charge in [-0.15, -0.1) is 0 Å². The number of aromatic hydroxyl groups is 1. The van der Waals surface area contributed by atoms with E-state index in [2.05, 4.69) is 15.5 Å². The molecule has 29 heavy (non-hydrogen) atoms. The third kappa shape index (κ3) is 4.55. The lowest BCUT2D eigenvalue weighted by Crippen LogP contribution is -2.25. The van der Waals surface area contributed by atoms with Gasteiger partial charge in [0.2, 0.25) is 5.95 Å². The van der Waals surface area contributed by atoms with Crippen LogP contribution in [0.3, 0.4) is 0 Å². The van der Waals surface area contributed by atoms with Crippen molar-refractivity contribution in [2.45, 2.75) is 19.9 Å². The van der Waals surface area contributed by atoms with Crippen LogP contribution in [0.2, 0.25) is 0 Å². The van der Waals surface area contributed by atoms with Crippen molar-refractivity contribution in [1.29, 1.82) is 0 Å². The zero-order valence-electron chi connectivity index (χ0n) is 16.7. The van der Waals surface area contributed by atoms with Crippen LogP contribution in [-0.2, 0) is 11.3 Å². The number of hydrogen-bond acceptors (Lipinski definition) is 7. The Hall–Kier alpha value is -3.39. The van der Waals surface area contributed by atoms with E-state index in [-0.39, 0.29) is 11.3 Å². The zero-order chi connectivity index (χ0) is 20.8. The smallest absolute Gasteiger partial charge is 0.262 e. The standard InChI is InChI=1S/C21H24N4O4/c1-14(16-10-9-15(29-3)13-19(16)26)23-24-21-22-18-8-5-4-7-17(18)20(27)25(21)11-6-12-28-2/h4-5,7-10,13,26H,6,11-12H2,1-3H3,(H,22,24)/b23-14+. The molecule has 0 amide bonds. The van der Waals surface area contributed by atoms with Gasteiger partial charge >= 0.3 is 0 Å². The van der Waals surface area contributed by atoms with Gasteiger partial charge in [0, 0.05) is 31.9 Å². The lowest BCUT2D eigenvalue weighted by Gasteiger charge is -2.13. The van der Waals surface area contributed by atoms with Gasteiger partial charge in [-0.25, -0.2) is 10.4 Å². The number of para-hydroxylation sites is 1. The SMILES string of the molecule is COCCCn1c(N/N=C(\C)c2ccc(OC)cc2O)nc2ccccc2c1=O. The molecule has 152 valence electrons. The number of ether oxygens (including phenoxy) is 2. The molecule has 8 heteroatoms. The van der Waals surface area contributed by atoms with E-state index in [0.29, 0.717) is 53.4 Å². The average molecular weight is 396 g/mol. The number of nitrogens with zero attached hydrogens (tertiary/aromatic N) is 3. The molecule has 2 N–H and O–H groups in total. The quantitative estimate of drug-likeness (QED) is 0.345. The molecule has 0 fully saturated rings. The maximum atomic E-state index is 12.9. The second-order valence-electron chi connectivity index (χ2n) is 6.45. The predicted octanol–water partition coefficient (Wildman–Crippen LogP) is 2.98. The number of phenolic OH excluding ortho intramolecular Hbond substituents is 1. The Morgan fingerprint density at radius 3 is 2.76 bits per heavy atom. The van der Waals surface area contributed by atoms with Crippen molar-refractivity contribution in [1.82, 2.24) is 9.55 Å². The van der Waals surface area contributed by atoms with Crippen LogP contribution >= 0.6 is 0 Å². The zero-order valence-corrected chi connectivity index (χ0v) is 16.7. The van der Waals surface area contributed by atoms with E-state index < -0.39 is 0 Å². The van der Waals surface area contributed by atoms with Crippen molar-refractivity contribution in [3.63, 3.8) is 0 Å². The number of benzene rings is 2. The predicted molar refractivity (Wildman–Crippen MR) is 113 cm³/mol. The summed E-state index contributed by atoms with van der Waals surface area (Å²) in [6, 6.07) is 12.2. The molecule has 1 aromatic heterocycles. The minimum absolute atomic E-state index is 0.0522. The summed E-state index contributed by atoms with van der Waals surface area (Å²) in [5, 5.41) is 15.1. The number of phenols is 1. The van der Waals surface area contributed by atoms with E-state index in [9.17, 15) is 9.90 Å². The topological polar surface area (TPSA) is 98.0 Å². The molecule has 0 saturated carbocycles. The van der Waals surface area contributed by atoms with Crippen molar-refractivity contribution in [2.24, 2.45) is 5.10 Å². The maximum Gasteiger partial charge on any atom is 0.262 e. The number of hydrazone groups is 1. The normalized spacial score (nSPS) is 11.6. The molecule has 0 atom stereocenters. The lowest BCUT2D eigenvalue weighted by molar-refractivity contribution is 0.190.